The van der Waals surface area contributed by atoms with Crippen LogP contribution < -0.4 is 15.6 Å². The van der Waals surface area contributed by atoms with Crippen LogP contribution in [0.4, 0.5) is 5.69 Å². The standard InChI is InChI=1S/C15H20N4O2/c1-19(2)12-7-5-11(6-8-12)10-17-18-15(21)13-4-3-9-16-14(13)20/h5-8,10,13H,3-4,9H2,1-2H3,(H,16,20)(H,18,21)/b17-10+. The number of carbonyl (C=O) groups is 2. The minimum atomic E-state index is -0.632. The second-order valence-corrected chi connectivity index (χ2v) is 5.21. The number of nitrogens with zero attached hydrogens (tertiary/aromatic N) is 2. The van der Waals surface area contributed by atoms with Crippen molar-refractivity contribution in [3.63, 3.8) is 0 Å². The van der Waals surface area contributed by atoms with Crippen LogP contribution in [0.1, 0.15) is 18.4 Å². The number of amides is 2. The van der Waals surface area contributed by atoms with E-state index in [-0.39, 0.29) is 11.8 Å². The molecule has 1 aliphatic rings. The zero-order valence-corrected chi connectivity index (χ0v) is 12.3. The van der Waals surface area contributed by atoms with Gasteiger partial charge in [-0.05, 0) is 30.5 Å². The third kappa shape index (κ3) is 4.05. The van der Waals surface area contributed by atoms with Gasteiger partial charge in [-0.25, -0.2) is 5.43 Å². The summed E-state index contributed by atoms with van der Waals surface area (Å²) in [5, 5.41) is 6.59. The van der Waals surface area contributed by atoms with Gasteiger partial charge in [0.15, 0.2) is 0 Å². The fraction of sp³-hybridized carbons (Fsp3) is 0.400. The molecule has 2 N–H and O–H groups in total. The second-order valence-electron chi connectivity index (χ2n) is 5.21. The van der Waals surface area contributed by atoms with Crippen LogP contribution in [-0.2, 0) is 9.59 Å². The minimum Gasteiger partial charge on any atom is -0.378 e. The van der Waals surface area contributed by atoms with Gasteiger partial charge in [-0.2, -0.15) is 5.10 Å². The van der Waals surface area contributed by atoms with Crippen LogP contribution in [0.3, 0.4) is 0 Å². The van der Waals surface area contributed by atoms with Crippen molar-refractivity contribution < 1.29 is 9.59 Å². The molecule has 0 spiro atoms. The largest absolute Gasteiger partial charge is 0.378 e. The van der Waals surface area contributed by atoms with Crippen LogP contribution in [0.15, 0.2) is 29.4 Å². The summed E-state index contributed by atoms with van der Waals surface area (Å²) in [7, 11) is 3.94. The first kappa shape index (κ1) is 15.0. The molecule has 0 aliphatic carbocycles. The van der Waals surface area contributed by atoms with Crippen molar-refractivity contribution in [1.82, 2.24) is 10.7 Å². The first-order valence-electron chi connectivity index (χ1n) is 6.96. The predicted molar refractivity (Wildman–Crippen MR) is 82.2 cm³/mol. The fourth-order valence-corrected chi connectivity index (χ4v) is 2.13. The summed E-state index contributed by atoms with van der Waals surface area (Å²) in [5.41, 5.74) is 4.40. The van der Waals surface area contributed by atoms with Gasteiger partial charge in [-0.3, -0.25) is 9.59 Å². The lowest BCUT2D eigenvalue weighted by molar-refractivity contribution is -0.136. The Morgan fingerprint density at radius 3 is 2.71 bits per heavy atom. The van der Waals surface area contributed by atoms with Gasteiger partial charge in [-0.15, -0.1) is 0 Å². The van der Waals surface area contributed by atoms with Crippen LogP contribution in [0.25, 0.3) is 0 Å². The van der Waals surface area contributed by atoms with Gasteiger partial charge in [0.25, 0.3) is 5.91 Å². The smallest absolute Gasteiger partial charge is 0.252 e. The Hall–Kier alpha value is -2.37. The van der Waals surface area contributed by atoms with Crippen LogP contribution in [0.2, 0.25) is 0 Å². The third-order valence-corrected chi connectivity index (χ3v) is 3.40. The van der Waals surface area contributed by atoms with Crippen molar-refractivity contribution >= 4 is 23.7 Å². The molecule has 1 aliphatic heterocycles. The average molecular weight is 288 g/mol. The molecule has 0 radical (unpaired) electrons. The average Bonchev–Trinajstić information content (AvgIpc) is 2.48. The zero-order chi connectivity index (χ0) is 15.2. The van der Waals surface area contributed by atoms with Crippen molar-refractivity contribution in [2.75, 3.05) is 25.5 Å². The summed E-state index contributed by atoms with van der Waals surface area (Å²) >= 11 is 0. The van der Waals surface area contributed by atoms with E-state index in [1.807, 2.05) is 43.3 Å². The number of carbonyl (C=O) groups excluding carboxylic acids is 2. The predicted octanol–water partition coefficient (Wildman–Crippen LogP) is 0.729. The zero-order valence-electron chi connectivity index (χ0n) is 12.3. The van der Waals surface area contributed by atoms with Gasteiger partial charge in [0, 0.05) is 26.3 Å². The summed E-state index contributed by atoms with van der Waals surface area (Å²) in [6.07, 6.45) is 2.96. The molecule has 1 aromatic rings. The Morgan fingerprint density at radius 2 is 2.10 bits per heavy atom. The summed E-state index contributed by atoms with van der Waals surface area (Å²) < 4.78 is 0. The number of rotatable bonds is 4. The Balaban J connectivity index is 1.89. The highest BCUT2D eigenvalue weighted by atomic mass is 16.2. The number of benzene rings is 1. The molecule has 0 bridgehead atoms. The van der Waals surface area contributed by atoms with Crippen molar-refractivity contribution in [1.29, 1.82) is 0 Å². The lowest BCUT2D eigenvalue weighted by atomic mass is 9.98. The van der Waals surface area contributed by atoms with Crippen LogP contribution >= 0.6 is 0 Å². The quantitative estimate of drug-likeness (QED) is 0.487. The molecule has 0 aromatic heterocycles. The molecule has 1 heterocycles. The van der Waals surface area contributed by atoms with Gasteiger partial charge < -0.3 is 10.2 Å². The molecule has 6 nitrogen and oxygen atoms in total. The van der Waals surface area contributed by atoms with Crippen molar-refractivity contribution in [3.05, 3.63) is 29.8 Å². The summed E-state index contributed by atoms with van der Waals surface area (Å²) in [5.74, 6) is -1.20. The van der Waals surface area contributed by atoms with E-state index in [4.69, 9.17) is 0 Å². The van der Waals surface area contributed by atoms with E-state index in [1.165, 1.54) is 0 Å². The topological polar surface area (TPSA) is 73.8 Å². The number of nitrogens with one attached hydrogen (secondary N) is 2. The SMILES string of the molecule is CN(C)c1ccc(/C=N/NC(=O)C2CCCNC2=O)cc1. The van der Waals surface area contributed by atoms with Crippen LogP contribution in [0, 0.1) is 5.92 Å². The van der Waals surface area contributed by atoms with Crippen molar-refractivity contribution in [3.8, 4) is 0 Å². The second kappa shape index (κ2) is 6.88. The Bertz CT molecular complexity index is 537. The summed E-state index contributed by atoms with van der Waals surface area (Å²) in [6.45, 7) is 0.643. The molecule has 21 heavy (non-hydrogen) atoms. The minimum absolute atomic E-state index is 0.218. The maximum atomic E-state index is 11.8. The van der Waals surface area contributed by atoms with E-state index in [9.17, 15) is 9.59 Å². The molecule has 0 saturated carbocycles. The molecule has 2 rings (SSSR count). The van der Waals surface area contributed by atoms with Gasteiger partial charge in [0.1, 0.15) is 5.92 Å². The van der Waals surface area contributed by atoms with E-state index in [0.29, 0.717) is 13.0 Å². The monoisotopic (exact) mass is 288 g/mol. The van der Waals surface area contributed by atoms with Gasteiger partial charge in [0.2, 0.25) is 5.91 Å². The highest BCUT2D eigenvalue weighted by molar-refractivity contribution is 6.00. The molecule has 1 fully saturated rings. The van der Waals surface area contributed by atoms with Crippen LogP contribution in [-0.4, -0.2) is 38.7 Å². The fourth-order valence-electron chi connectivity index (χ4n) is 2.13. The Labute approximate surface area is 124 Å². The summed E-state index contributed by atoms with van der Waals surface area (Å²) in [4.78, 5) is 25.4. The van der Waals surface area contributed by atoms with E-state index in [0.717, 1.165) is 17.7 Å². The van der Waals surface area contributed by atoms with Gasteiger partial charge >= 0.3 is 0 Å². The van der Waals surface area contributed by atoms with Crippen LogP contribution in [0.5, 0.6) is 0 Å². The number of hydrazone groups is 1. The van der Waals surface area contributed by atoms with E-state index in [2.05, 4.69) is 15.8 Å². The first-order valence-corrected chi connectivity index (χ1v) is 6.96. The number of hydrogen-bond acceptors (Lipinski definition) is 4. The molecule has 1 aromatic carbocycles. The summed E-state index contributed by atoms with van der Waals surface area (Å²) in [6, 6.07) is 7.77. The molecule has 112 valence electrons. The molecular weight excluding hydrogens is 268 g/mol. The van der Waals surface area contributed by atoms with E-state index < -0.39 is 5.92 Å². The number of piperidine rings is 1. The maximum Gasteiger partial charge on any atom is 0.252 e. The maximum absolute atomic E-state index is 11.8. The van der Waals surface area contributed by atoms with Crippen molar-refractivity contribution in [2.45, 2.75) is 12.8 Å². The molecule has 1 saturated heterocycles. The van der Waals surface area contributed by atoms with Gasteiger partial charge in [0.05, 0.1) is 6.21 Å². The molecule has 1 atom stereocenters. The lowest BCUT2D eigenvalue weighted by Gasteiger charge is -2.19. The Kier molecular flexibility index (Phi) is 4.92. The van der Waals surface area contributed by atoms with Gasteiger partial charge in [-0.1, -0.05) is 12.1 Å². The van der Waals surface area contributed by atoms with E-state index >= 15 is 0 Å². The first-order chi connectivity index (χ1) is 10.1. The molecular formula is C15H20N4O2. The molecule has 2 amide bonds. The lowest BCUT2D eigenvalue weighted by Crippen LogP contribution is -2.43. The highest BCUT2D eigenvalue weighted by Gasteiger charge is 2.28. The van der Waals surface area contributed by atoms with E-state index in [1.54, 1.807) is 6.21 Å². The number of anilines is 1. The number of hydrogen-bond donors (Lipinski definition) is 2. The third-order valence-electron chi connectivity index (χ3n) is 3.40. The highest BCUT2D eigenvalue weighted by Crippen LogP contribution is 2.12. The van der Waals surface area contributed by atoms with Crippen molar-refractivity contribution in [2.24, 2.45) is 11.0 Å². The normalized spacial score (nSPS) is 18.4. The molecule has 6 heteroatoms. The molecule has 1 unspecified atom stereocenters. The Morgan fingerprint density at radius 1 is 1.38 bits per heavy atom.